The summed E-state index contributed by atoms with van der Waals surface area (Å²) in [7, 11) is -3.70. The molecule has 1 N–H and O–H groups in total. The molecule has 26 heavy (non-hydrogen) atoms. The maximum atomic E-state index is 12.9. The van der Waals surface area contributed by atoms with Gasteiger partial charge < -0.3 is 10.2 Å². The van der Waals surface area contributed by atoms with Gasteiger partial charge in [-0.25, -0.2) is 8.42 Å². The molecule has 0 spiro atoms. The Labute approximate surface area is 155 Å². The van der Waals surface area contributed by atoms with Gasteiger partial charge in [0.25, 0.3) is 5.91 Å². The van der Waals surface area contributed by atoms with Crippen LogP contribution >= 0.6 is 0 Å². The van der Waals surface area contributed by atoms with Gasteiger partial charge >= 0.3 is 0 Å². The van der Waals surface area contributed by atoms with Gasteiger partial charge in [0.2, 0.25) is 15.9 Å². The van der Waals surface area contributed by atoms with Crippen LogP contribution in [0.25, 0.3) is 0 Å². The van der Waals surface area contributed by atoms with Crippen LogP contribution in [0.4, 0.5) is 0 Å². The van der Waals surface area contributed by atoms with Gasteiger partial charge in [0.1, 0.15) is 0 Å². The van der Waals surface area contributed by atoms with Gasteiger partial charge in [-0.05, 0) is 31.0 Å². The van der Waals surface area contributed by atoms with E-state index in [2.05, 4.69) is 5.32 Å². The van der Waals surface area contributed by atoms with Crippen LogP contribution in [0.3, 0.4) is 0 Å². The van der Waals surface area contributed by atoms with Gasteiger partial charge in [-0.1, -0.05) is 19.9 Å². The predicted molar refractivity (Wildman–Crippen MR) is 99.2 cm³/mol. The number of carbonyl (C=O) groups is 2. The van der Waals surface area contributed by atoms with Crippen molar-refractivity contribution in [1.82, 2.24) is 14.5 Å². The summed E-state index contributed by atoms with van der Waals surface area (Å²) in [6.45, 7) is 8.66. The molecular weight excluding hydrogens is 354 g/mol. The fraction of sp³-hybridized carbons (Fsp3) is 0.556. The molecule has 0 aromatic heterocycles. The molecule has 1 aromatic rings. The van der Waals surface area contributed by atoms with E-state index in [1.54, 1.807) is 17.0 Å². The number of piperazine rings is 1. The van der Waals surface area contributed by atoms with Crippen LogP contribution in [0.1, 0.15) is 38.1 Å². The van der Waals surface area contributed by atoms with Crippen molar-refractivity contribution in [3.8, 4) is 0 Å². The van der Waals surface area contributed by atoms with Crippen molar-refractivity contribution >= 4 is 21.8 Å². The van der Waals surface area contributed by atoms with Gasteiger partial charge in [0.05, 0.1) is 4.90 Å². The fourth-order valence-electron chi connectivity index (χ4n) is 2.65. The smallest absolute Gasteiger partial charge is 0.251 e. The van der Waals surface area contributed by atoms with Crippen molar-refractivity contribution in [2.45, 2.75) is 38.6 Å². The molecule has 1 unspecified atom stereocenters. The number of nitrogens with one attached hydrogen (secondary N) is 1. The second-order valence-electron chi connectivity index (χ2n) is 6.94. The molecule has 0 saturated carbocycles. The summed E-state index contributed by atoms with van der Waals surface area (Å²) < 4.78 is 27.1. The van der Waals surface area contributed by atoms with E-state index in [0.717, 1.165) is 0 Å². The summed E-state index contributed by atoms with van der Waals surface area (Å²) in [5, 5.41) is 2.88. The Morgan fingerprint density at radius 2 is 1.69 bits per heavy atom. The van der Waals surface area contributed by atoms with E-state index in [4.69, 9.17) is 0 Å². The molecule has 1 heterocycles. The first-order valence-corrected chi connectivity index (χ1v) is 10.2. The highest BCUT2D eigenvalue weighted by Gasteiger charge is 2.29. The van der Waals surface area contributed by atoms with Crippen LogP contribution in [0.5, 0.6) is 0 Å². The Bertz CT molecular complexity index is 768. The molecule has 0 aliphatic carbocycles. The molecule has 0 radical (unpaired) electrons. The highest BCUT2D eigenvalue weighted by molar-refractivity contribution is 7.89. The summed E-state index contributed by atoms with van der Waals surface area (Å²) >= 11 is 0. The average molecular weight is 381 g/mol. The van der Waals surface area contributed by atoms with Gasteiger partial charge in [-0.2, -0.15) is 4.31 Å². The molecular formula is C18H27N3O4S. The number of hydrogen-bond acceptors (Lipinski definition) is 4. The van der Waals surface area contributed by atoms with Crippen LogP contribution in [-0.4, -0.2) is 61.7 Å². The molecule has 1 aromatic carbocycles. The van der Waals surface area contributed by atoms with Crippen molar-refractivity contribution in [3.05, 3.63) is 29.8 Å². The SMILES string of the molecule is CC(=O)N1CCN(S(=O)(=O)c2cccc(C(=O)NC(C)C(C)C)c2)CC1. The zero-order valence-electron chi connectivity index (χ0n) is 15.7. The summed E-state index contributed by atoms with van der Waals surface area (Å²) in [5.74, 6) is -0.0620. The first-order valence-electron chi connectivity index (χ1n) is 8.79. The van der Waals surface area contributed by atoms with Gasteiger partial charge in [-0.15, -0.1) is 0 Å². The van der Waals surface area contributed by atoms with Crippen molar-refractivity contribution in [2.24, 2.45) is 5.92 Å². The number of amides is 2. The maximum Gasteiger partial charge on any atom is 0.251 e. The second kappa shape index (κ2) is 8.18. The largest absolute Gasteiger partial charge is 0.349 e. The lowest BCUT2D eigenvalue weighted by Gasteiger charge is -2.33. The number of carbonyl (C=O) groups excluding carboxylic acids is 2. The standard InChI is InChI=1S/C18H27N3O4S/c1-13(2)14(3)19-18(23)16-6-5-7-17(12-16)26(24,25)21-10-8-20(9-11-21)15(4)22/h5-7,12-14H,8-11H2,1-4H3,(H,19,23). The van der Waals surface area contributed by atoms with Crippen LogP contribution in [0, 0.1) is 5.92 Å². The predicted octanol–water partition coefficient (Wildman–Crippen LogP) is 1.31. The van der Waals surface area contributed by atoms with Gasteiger partial charge in [0.15, 0.2) is 0 Å². The summed E-state index contributed by atoms with van der Waals surface area (Å²) in [5.41, 5.74) is 0.320. The van der Waals surface area contributed by atoms with E-state index in [0.29, 0.717) is 18.7 Å². The molecule has 8 heteroatoms. The van der Waals surface area contributed by atoms with Crippen LogP contribution in [0.2, 0.25) is 0 Å². The molecule has 1 aliphatic rings. The van der Waals surface area contributed by atoms with E-state index in [-0.39, 0.29) is 41.8 Å². The molecule has 0 bridgehead atoms. The highest BCUT2D eigenvalue weighted by atomic mass is 32.2. The number of nitrogens with zero attached hydrogens (tertiary/aromatic N) is 2. The van der Waals surface area contributed by atoms with Crippen molar-refractivity contribution in [2.75, 3.05) is 26.2 Å². The Kier molecular flexibility index (Phi) is 6.41. The van der Waals surface area contributed by atoms with Crippen LogP contribution in [-0.2, 0) is 14.8 Å². The van der Waals surface area contributed by atoms with Crippen molar-refractivity contribution in [3.63, 3.8) is 0 Å². The third kappa shape index (κ3) is 4.62. The van der Waals surface area contributed by atoms with E-state index in [1.807, 2.05) is 20.8 Å². The number of hydrogen-bond donors (Lipinski definition) is 1. The lowest BCUT2D eigenvalue weighted by atomic mass is 10.1. The Hall–Kier alpha value is -1.93. The Morgan fingerprint density at radius 1 is 1.08 bits per heavy atom. The normalized spacial score (nSPS) is 17.2. The van der Waals surface area contributed by atoms with Gasteiger partial charge in [-0.3, -0.25) is 9.59 Å². The first kappa shape index (κ1) is 20.4. The minimum atomic E-state index is -3.70. The number of sulfonamides is 1. The third-order valence-corrected chi connectivity index (χ3v) is 6.67. The topological polar surface area (TPSA) is 86.8 Å². The molecule has 1 saturated heterocycles. The lowest BCUT2D eigenvalue weighted by molar-refractivity contribution is -0.129. The monoisotopic (exact) mass is 381 g/mol. The van der Waals surface area contributed by atoms with Crippen LogP contribution < -0.4 is 5.32 Å². The maximum absolute atomic E-state index is 12.9. The van der Waals surface area contributed by atoms with Crippen molar-refractivity contribution < 1.29 is 18.0 Å². The molecule has 1 aliphatic heterocycles. The average Bonchev–Trinajstić information content (AvgIpc) is 2.61. The minimum Gasteiger partial charge on any atom is -0.349 e. The van der Waals surface area contributed by atoms with E-state index >= 15 is 0 Å². The number of benzene rings is 1. The summed E-state index contributed by atoms with van der Waals surface area (Å²) in [4.78, 5) is 25.5. The fourth-order valence-corrected chi connectivity index (χ4v) is 4.12. The van der Waals surface area contributed by atoms with E-state index in [1.165, 1.54) is 23.4 Å². The minimum absolute atomic E-state index is 0.0116. The molecule has 144 valence electrons. The highest BCUT2D eigenvalue weighted by Crippen LogP contribution is 2.19. The molecule has 1 fully saturated rings. The molecule has 2 amide bonds. The summed E-state index contributed by atoms with van der Waals surface area (Å²) in [6.07, 6.45) is 0. The Balaban J connectivity index is 2.16. The van der Waals surface area contributed by atoms with E-state index in [9.17, 15) is 18.0 Å². The van der Waals surface area contributed by atoms with Crippen LogP contribution in [0.15, 0.2) is 29.2 Å². The van der Waals surface area contributed by atoms with Gasteiger partial charge in [0, 0.05) is 44.7 Å². The molecule has 2 rings (SSSR count). The Morgan fingerprint density at radius 3 is 2.23 bits per heavy atom. The lowest BCUT2D eigenvalue weighted by Crippen LogP contribution is -2.49. The van der Waals surface area contributed by atoms with Crippen molar-refractivity contribution in [1.29, 1.82) is 0 Å². The van der Waals surface area contributed by atoms with E-state index < -0.39 is 10.0 Å². The quantitative estimate of drug-likeness (QED) is 0.833. The zero-order valence-corrected chi connectivity index (χ0v) is 16.5. The zero-order chi connectivity index (χ0) is 19.5. The second-order valence-corrected chi connectivity index (χ2v) is 8.88. The number of rotatable bonds is 5. The third-order valence-electron chi connectivity index (χ3n) is 4.78. The molecule has 1 atom stereocenters. The first-order chi connectivity index (χ1) is 12.1. The summed E-state index contributed by atoms with van der Waals surface area (Å²) in [6, 6.07) is 6.08. The molecule has 7 nitrogen and oxygen atoms in total.